The van der Waals surface area contributed by atoms with Crippen LogP contribution in [0.25, 0.3) is 0 Å². The Balaban J connectivity index is 3.24. The number of hydrogen-bond donors (Lipinski definition) is 2. The molecule has 1 aromatic carbocycles. The average molecular weight is 173 g/mol. The molecule has 60 valence electrons. The molecule has 0 unspecified atom stereocenters. The van der Waals surface area contributed by atoms with Gasteiger partial charge in [0, 0.05) is 5.56 Å². The van der Waals surface area contributed by atoms with Gasteiger partial charge >= 0.3 is 0 Å². The van der Waals surface area contributed by atoms with Gasteiger partial charge in [-0.2, -0.15) is 0 Å². The predicted molar refractivity (Wildman–Crippen MR) is 43.8 cm³/mol. The van der Waals surface area contributed by atoms with E-state index in [9.17, 15) is 0 Å². The van der Waals surface area contributed by atoms with Crippen molar-refractivity contribution >= 4 is 11.6 Å². The topological polar surface area (TPSA) is 40.5 Å². The van der Waals surface area contributed by atoms with E-state index in [-0.39, 0.29) is 17.4 Å². The highest BCUT2D eigenvalue weighted by molar-refractivity contribution is 6.32. The molecule has 3 heteroatoms. The van der Waals surface area contributed by atoms with E-state index in [1.54, 1.807) is 12.1 Å². The second kappa shape index (κ2) is 3.11. The van der Waals surface area contributed by atoms with E-state index >= 15 is 0 Å². The largest absolute Gasteiger partial charge is 0.506 e. The van der Waals surface area contributed by atoms with Crippen LogP contribution >= 0.6 is 11.6 Å². The highest BCUT2D eigenvalue weighted by Crippen LogP contribution is 2.28. The van der Waals surface area contributed by atoms with E-state index < -0.39 is 0 Å². The number of phenols is 1. The second-order valence-corrected chi connectivity index (χ2v) is 2.79. The van der Waals surface area contributed by atoms with Gasteiger partial charge in [0.2, 0.25) is 0 Å². The molecule has 0 spiro atoms. The van der Waals surface area contributed by atoms with E-state index in [4.69, 9.17) is 21.8 Å². The predicted octanol–water partition coefficient (Wildman–Crippen LogP) is 1.85. The lowest BCUT2D eigenvalue weighted by Gasteiger charge is -2.03. The van der Waals surface area contributed by atoms with Crippen LogP contribution in [0.1, 0.15) is 11.1 Å². The highest BCUT2D eigenvalue weighted by Gasteiger charge is 2.04. The molecule has 0 bridgehead atoms. The first-order valence-electron chi connectivity index (χ1n) is 3.24. The number of aliphatic hydroxyl groups is 1. The number of halogens is 1. The fourth-order valence-electron chi connectivity index (χ4n) is 0.938. The van der Waals surface area contributed by atoms with E-state index in [2.05, 4.69) is 0 Å². The molecule has 0 fully saturated rings. The average Bonchev–Trinajstić information content (AvgIpc) is 1.96. The molecule has 0 aromatic heterocycles. The van der Waals surface area contributed by atoms with Crippen LogP contribution in [0.3, 0.4) is 0 Å². The van der Waals surface area contributed by atoms with Crippen LogP contribution in [0.2, 0.25) is 5.02 Å². The first kappa shape index (κ1) is 8.37. The minimum Gasteiger partial charge on any atom is -0.506 e. The first-order chi connectivity index (χ1) is 5.15. The molecular formula is C8H9ClO2. The zero-order valence-corrected chi connectivity index (χ0v) is 6.89. The third-order valence-electron chi connectivity index (χ3n) is 1.44. The van der Waals surface area contributed by atoms with Gasteiger partial charge in [-0.25, -0.2) is 0 Å². The summed E-state index contributed by atoms with van der Waals surface area (Å²) in [7, 11) is 0. The SMILES string of the molecule is Cc1cc(O)c(Cl)c(CO)c1. The monoisotopic (exact) mass is 172 g/mol. The molecule has 0 saturated carbocycles. The molecule has 2 nitrogen and oxygen atoms in total. The Morgan fingerprint density at radius 3 is 2.64 bits per heavy atom. The summed E-state index contributed by atoms with van der Waals surface area (Å²) in [5.41, 5.74) is 1.44. The van der Waals surface area contributed by atoms with Gasteiger partial charge < -0.3 is 10.2 Å². The van der Waals surface area contributed by atoms with Crippen molar-refractivity contribution in [3.8, 4) is 5.75 Å². The molecule has 11 heavy (non-hydrogen) atoms. The number of phenolic OH excluding ortho intramolecular Hbond substituents is 1. The van der Waals surface area contributed by atoms with E-state index in [0.717, 1.165) is 5.56 Å². The minimum absolute atomic E-state index is 0.0238. The molecule has 1 aromatic rings. The normalized spacial score (nSPS) is 10.1. The number of rotatable bonds is 1. The Hall–Kier alpha value is -0.730. The number of aryl methyl sites for hydroxylation is 1. The van der Waals surface area contributed by atoms with Gasteiger partial charge in [0.25, 0.3) is 0 Å². The summed E-state index contributed by atoms with van der Waals surface area (Å²) in [6.45, 7) is 1.68. The van der Waals surface area contributed by atoms with Crippen molar-refractivity contribution in [1.82, 2.24) is 0 Å². The Kier molecular flexibility index (Phi) is 2.37. The van der Waals surface area contributed by atoms with Crippen LogP contribution < -0.4 is 0 Å². The third-order valence-corrected chi connectivity index (χ3v) is 1.88. The van der Waals surface area contributed by atoms with E-state index in [1.807, 2.05) is 6.92 Å². The standard InChI is InChI=1S/C8H9ClO2/c1-5-2-6(4-10)8(9)7(11)3-5/h2-3,10-11H,4H2,1H3. The van der Waals surface area contributed by atoms with Gasteiger partial charge in [0.15, 0.2) is 0 Å². The summed E-state index contributed by atoms with van der Waals surface area (Å²) in [5.74, 6) is 0.0238. The smallest absolute Gasteiger partial charge is 0.134 e. The third kappa shape index (κ3) is 1.64. The first-order valence-corrected chi connectivity index (χ1v) is 3.62. The van der Waals surface area contributed by atoms with Gasteiger partial charge in [0.05, 0.1) is 11.6 Å². The Morgan fingerprint density at radius 1 is 1.45 bits per heavy atom. The van der Waals surface area contributed by atoms with Crippen molar-refractivity contribution in [2.24, 2.45) is 0 Å². The van der Waals surface area contributed by atoms with Crippen LogP contribution in [0.5, 0.6) is 5.75 Å². The fourth-order valence-corrected chi connectivity index (χ4v) is 1.11. The molecule has 1 rings (SSSR count). The van der Waals surface area contributed by atoms with Crippen LogP contribution in [0.15, 0.2) is 12.1 Å². The summed E-state index contributed by atoms with van der Waals surface area (Å²) in [4.78, 5) is 0. The van der Waals surface area contributed by atoms with Crippen molar-refractivity contribution < 1.29 is 10.2 Å². The summed E-state index contributed by atoms with van der Waals surface area (Å²) in [6, 6.07) is 3.30. The van der Waals surface area contributed by atoms with Gasteiger partial charge in [0.1, 0.15) is 5.75 Å². The lowest BCUT2D eigenvalue weighted by atomic mass is 10.1. The molecule has 0 amide bonds. The fraction of sp³-hybridized carbons (Fsp3) is 0.250. The second-order valence-electron chi connectivity index (χ2n) is 2.42. The number of aliphatic hydroxyl groups excluding tert-OH is 1. The molecule has 0 atom stereocenters. The van der Waals surface area contributed by atoms with Crippen molar-refractivity contribution in [3.63, 3.8) is 0 Å². The Labute approximate surface area is 70.1 Å². The molecule has 2 N–H and O–H groups in total. The van der Waals surface area contributed by atoms with Crippen molar-refractivity contribution in [1.29, 1.82) is 0 Å². The van der Waals surface area contributed by atoms with Crippen LogP contribution in [0.4, 0.5) is 0 Å². The minimum atomic E-state index is -0.145. The summed E-state index contributed by atoms with van der Waals surface area (Å²) >= 11 is 5.66. The van der Waals surface area contributed by atoms with Crippen LogP contribution in [-0.4, -0.2) is 10.2 Å². The van der Waals surface area contributed by atoms with Gasteiger partial charge in [-0.15, -0.1) is 0 Å². The summed E-state index contributed by atoms with van der Waals surface area (Å²) < 4.78 is 0. The molecule has 0 saturated heterocycles. The lowest BCUT2D eigenvalue weighted by Crippen LogP contribution is -1.86. The van der Waals surface area contributed by atoms with Gasteiger partial charge in [-0.1, -0.05) is 17.7 Å². The zero-order chi connectivity index (χ0) is 8.43. The van der Waals surface area contributed by atoms with Gasteiger partial charge in [-0.3, -0.25) is 0 Å². The molecule has 0 aliphatic heterocycles. The summed E-state index contributed by atoms with van der Waals surface area (Å²) in [6.07, 6.45) is 0. The lowest BCUT2D eigenvalue weighted by molar-refractivity contribution is 0.281. The van der Waals surface area contributed by atoms with E-state index in [1.165, 1.54) is 0 Å². The number of benzene rings is 1. The molecule has 0 heterocycles. The van der Waals surface area contributed by atoms with Gasteiger partial charge in [-0.05, 0) is 18.6 Å². The summed E-state index contributed by atoms with van der Waals surface area (Å²) in [5, 5.41) is 18.2. The highest BCUT2D eigenvalue weighted by atomic mass is 35.5. The Morgan fingerprint density at radius 2 is 2.09 bits per heavy atom. The number of aromatic hydroxyl groups is 1. The van der Waals surface area contributed by atoms with Crippen molar-refractivity contribution in [2.45, 2.75) is 13.5 Å². The van der Waals surface area contributed by atoms with E-state index in [0.29, 0.717) is 5.56 Å². The van der Waals surface area contributed by atoms with Crippen LogP contribution in [0, 0.1) is 6.92 Å². The number of hydrogen-bond acceptors (Lipinski definition) is 2. The maximum atomic E-state index is 9.17. The maximum Gasteiger partial charge on any atom is 0.134 e. The van der Waals surface area contributed by atoms with Crippen molar-refractivity contribution in [2.75, 3.05) is 0 Å². The molecule has 0 radical (unpaired) electrons. The molecular weight excluding hydrogens is 164 g/mol. The zero-order valence-electron chi connectivity index (χ0n) is 6.13. The van der Waals surface area contributed by atoms with Crippen LogP contribution in [-0.2, 0) is 6.61 Å². The maximum absolute atomic E-state index is 9.17. The Bertz CT molecular complexity index is 271. The quantitative estimate of drug-likeness (QED) is 0.679. The molecule has 0 aliphatic rings. The molecule has 0 aliphatic carbocycles. The van der Waals surface area contributed by atoms with Crippen molar-refractivity contribution in [3.05, 3.63) is 28.3 Å².